The maximum absolute atomic E-state index is 13.1. The molecule has 1 atom stereocenters. The quantitative estimate of drug-likeness (QED) is 0.562. The van der Waals surface area contributed by atoms with Gasteiger partial charge in [-0.3, -0.25) is 19.5 Å². The van der Waals surface area contributed by atoms with Crippen LogP contribution in [0.4, 0.5) is 0 Å². The summed E-state index contributed by atoms with van der Waals surface area (Å²) in [5, 5.41) is 1.14. The maximum Gasteiger partial charge on any atom is 0.311 e. The smallest absolute Gasteiger partial charge is 0.311 e. The molecule has 33 heavy (non-hydrogen) atoms. The molecule has 2 aromatic carbocycles. The van der Waals surface area contributed by atoms with Crippen molar-refractivity contribution in [1.29, 1.82) is 0 Å². The van der Waals surface area contributed by atoms with Gasteiger partial charge in [0, 0.05) is 44.2 Å². The van der Waals surface area contributed by atoms with Gasteiger partial charge in [0.2, 0.25) is 5.91 Å². The van der Waals surface area contributed by atoms with Crippen LogP contribution in [0, 0.1) is 5.92 Å². The number of likely N-dealkylation sites (tertiary alicyclic amines) is 2. The zero-order chi connectivity index (χ0) is 22.8. The molecule has 0 saturated carbocycles. The van der Waals surface area contributed by atoms with Crippen LogP contribution in [0.3, 0.4) is 0 Å². The van der Waals surface area contributed by atoms with Gasteiger partial charge in [0.1, 0.15) is 0 Å². The van der Waals surface area contributed by atoms with Gasteiger partial charge in [-0.15, -0.1) is 0 Å². The van der Waals surface area contributed by atoms with Crippen LogP contribution < -0.4 is 0 Å². The van der Waals surface area contributed by atoms with E-state index in [1.807, 2.05) is 47.5 Å². The van der Waals surface area contributed by atoms with Crippen molar-refractivity contribution in [2.45, 2.75) is 37.9 Å². The van der Waals surface area contributed by atoms with Gasteiger partial charge in [-0.2, -0.15) is 0 Å². The molecule has 5 rings (SSSR count). The number of benzene rings is 2. The van der Waals surface area contributed by atoms with Crippen LogP contribution in [-0.4, -0.2) is 52.4 Å². The SMILES string of the molecule is COC(=O)C1CC(=O)N(Cc2ccccc2)C12CCN(Cc1ccc3ncccc3c1)CC2. The Morgan fingerprint density at radius 2 is 1.82 bits per heavy atom. The van der Waals surface area contributed by atoms with Gasteiger partial charge in [-0.1, -0.05) is 42.5 Å². The molecule has 1 aromatic heterocycles. The second kappa shape index (κ2) is 8.94. The van der Waals surface area contributed by atoms with Gasteiger partial charge in [-0.05, 0) is 42.2 Å². The fourth-order valence-corrected chi connectivity index (χ4v) is 5.57. The Hall–Kier alpha value is -3.25. The van der Waals surface area contributed by atoms with Crippen LogP contribution in [0.15, 0.2) is 66.9 Å². The van der Waals surface area contributed by atoms with Gasteiger partial charge in [0.25, 0.3) is 0 Å². The normalized spacial score (nSPS) is 20.5. The van der Waals surface area contributed by atoms with E-state index in [1.54, 1.807) is 0 Å². The van der Waals surface area contributed by atoms with E-state index in [9.17, 15) is 9.59 Å². The Morgan fingerprint density at radius 1 is 1.03 bits per heavy atom. The van der Waals surface area contributed by atoms with Crippen molar-refractivity contribution >= 4 is 22.8 Å². The predicted molar refractivity (Wildman–Crippen MR) is 126 cm³/mol. The molecule has 6 nitrogen and oxygen atoms in total. The average molecular weight is 444 g/mol. The van der Waals surface area contributed by atoms with E-state index in [0.717, 1.165) is 48.9 Å². The molecule has 2 saturated heterocycles. The van der Waals surface area contributed by atoms with Gasteiger partial charge < -0.3 is 9.64 Å². The van der Waals surface area contributed by atoms with E-state index in [2.05, 4.69) is 34.1 Å². The lowest BCUT2D eigenvalue weighted by molar-refractivity contribution is -0.150. The monoisotopic (exact) mass is 443 g/mol. The number of carbonyl (C=O) groups excluding carboxylic acids is 2. The van der Waals surface area contributed by atoms with E-state index < -0.39 is 11.5 Å². The number of aromatic nitrogens is 1. The van der Waals surface area contributed by atoms with Gasteiger partial charge in [0.15, 0.2) is 0 Å². The topological polar surface area (TPSA) is 62.7 Å². The molecule has 170 valence electrons. The Morgan fingerprint density at radius 3 is 2.58 bits per heavy atom. The number of rotatable bonds is 5. The van der Waals surface area contributed by atoms with E-state index in [0.29, 0.717) is 6.54 Å². The predicted octanol–water partition coefficient (Wildman–Crippen LogP) is 3.79. The molecule has 2 fully saturated rings. The van der Waals surface area contributed by atoms with Crippen LogP contribution >= 0.6 is 0 Å². The number of ether oxygens (including phenoxy) is 1. The number of amides is 1. The number of pyridine rings is 1. The molecule has 3 aromatic rings. The van der Waals surface area contributed by atoms with E-state index >= 15 is 0 Å². The first-order valence-corrected chi connectivity index (χ1v) is 11.6. The van der Waals surface area contributed by atoms with Crippen LogP contribution in [0.1, 0.15) is 30.4 Å². The van der Waals surface area contributed by atoms with Crippen molar-refractivity contribution in [2.24, 2.45) is 5.92 Å². The van der Waals surface area contributed by atoms with Crippen molar-refractivity contribution in [1.82, 2.24) is 14.8 Å². The number of nitrogens with zero attached hydrogens (tertiary/aromatic N) is 3. The molecule has 6 heteroatoms. The minimum Gasteiger partial charge on any atom is -0.469 e. The summed E-state index contributed by atoms with van der Waals surface area (Å²) >= 11 is 0. The number of esters is 1. The Bertz CT molecular complexity index is 1160. The lowest BCUT2D eigenvalue weighted by atomic mass is 9.76. The van der Waals surface area contributed by atoms with Crippen molar-refractivity contribution < 1.29 is 14.3 Å². The molecule has 0 bridgehead atoms. The number of methoxy groups -OCH3 is 1. The van der Waals surface area contributed by atoms with Gasteiger partial charge >= 0.3 is 5.97 Å². The molecule has 0 N–H and O–H groups in total. The third-order valence-electron chi connectivity index (χ3n) is 7.33. The van der Waals surface area contributed by atoms with Crippen LogP contribution in [0.2, 0.25) is 0 Å². The number of fused-ring (bicyclic) bond motifs is 1. The summed E-state index contributed by atoms with van der Waals surface area (Å²) in [6.45, 7) is 3.04. The zero-order valence-electron chi connectivity index (χ0n) is 18.9. The first-order chi connectivity index (χ1) is 16.1. The highest BCUT2D eigenvalue weighted by Gasteiger charge is 2.56. The molecule has 1 spiro atoms. The second-order valence-electron chi connectivity index (χ2n) is 9.16. The molecule has 2 aliphatic rings. The fraction of sp³-hybridized carbons (Fsp3) is 0.370. The fourth-order valence-electron chi connectivity index (χ4n) is 5.57. The van der Waals surface area contributed by atoms with Crippen molar-refractivity contribution in [3.8, 4) is 0 Å². The summed E-state index contributed by atoms with van der Waals surface area (Å²) in [5.41, 5.74) is 2.85. The second-order valence-corrected chi connectivity index (χ2v) is 9.16. The highest BCUT2D eigenvalue weighted by atomic mass is 16.5. The molecule has 0 aliphatic carbocycles. The van der Waals surface area contributed by atoms with Crippen LogP contribution in [0.5, 0.6) is 0 Å². The molecule has 0 radical (unpaired) electrons. The summed E-state index contributed by atoms with van der Waals surface area (Å²) in [6, 6.07) is 20.5. The number of piperidine rings is 1. The van der Waals surface area contributed by atoms with Crippen LogP contribution in [-0.2, 0) is 27.4 Å². The molecule has 3 heterocycles. The summed E-state index contributed by atoms with van der Waals surface area (Å²) in [6.07, 6.45) is 3.58. The molecule has 2 aliphatic heterocycles. The lowest BCUT2D eigenvalue weighted by Gasteiger charge is -2.47. The largest absolute Gasteiger partial charge is 0.469 e. The minimum absolute atomic E-state index is 0.0460. The number of hydrogen-bond donors (Lipinski definition) is 0. The zero-order valence-corrected chi connectivity index (χ0v) is 18.9. The number of carbonyl (C=O) groups is 2. The van der Waals surface area contributed by atoms with Crippen molar-refractivity contribution in [2.75, 3.05) is 20.2 Å². The number of hydrogen-bond acceptors (Lipinski definition) is 5. The third-order valence-corrected chi connectivity index (χ3v) is 7.33. The van der Waals surface area contributed by atoms with Gasteiger partial charge in [0.05, 0.1) is 24.1 Å². The van der Waals surface area contributed by atoms with E-state index in [-0.39, 0.29) is 18.3 Å². The Kier molecular flexibility index (Phi) is 5.85. The average Bonchev–Trinajstić information content (AvgIpc) is 3.11. The Balaban J connectivity index is 1.35. The van der Waals surface area contributed by atoms with E-state index in [4.69, 9.17) is 4.74 Å². The minimum atomic E-state index is -0.482. The Labute approximate surface area is 194 Å². The maximum atomic E-state index is 13.1. The van der Waals surface area contributed by atoms with Crippen molar-refractivity contribution in [3.05, 3.63) is 78.0 Å². The molecular weight excluding hydrogens is 414 g/mol. The third kappa shape index (κ3) is 4.11. The molecular formula is C27H29N3O3. The van der Waals surface area contributed by atoms with Crippen LogP contribution in [0.25, 0.3) is 10.9 Å². The summed E-state index contributed by atoms with van der Waals surface area (Å²) in [4.78, 5) is 34.6. The lowest BCUT2D eigenvalue weighted by Crippen LogP contribution is -2.57. The summed E-state index contributed by atoms with van der Waals surface area (Å²) in [7, 11) is 1.42. The first kappa shape index (κ1) is 21.6. The molecule has 1 amide bonds. The highest BCUT2D eigenvalue weighted by molar-refractivity contribution is 5.89. The standard InChI is InChI=1S/C27H29N3O3/c1-33-26(32)23-17-25(31)30(19-20-6-3-2-4-7-20)27(23)11-14-29(15-12-27)18-21-9-10-24-22(16-21)8-5-13-28-24/h2-10,13,16,23H,11-12,14-15,17-19H2,1H3. The molecule has 1 unspecified atom stereocenters. The summed E-state index contributed by atoms with van der Waals surface area (Å²) in [5.74, 6) is -0.633. The van der Waals surface area contributed by atoms with Gasteiger partial charge in [-0.25, -0.2) is 0 Å². The summed E-state index contributed by atoms with van der Waals surface area (Å²) < 4.78 is 5.13. The first-order valence-electron chi connectivity index (χ1n) is 11.6. The van der Waals surface area contributed by atoms with E-state index in [1.165, 1.54) is 12.7 Å². The highest BCUT2D eigenvalue weighted by Crippen LogP contribution is 2.45. The van der Waals surface area contributed by atoms with Crippen molar-refractivity contribution in [3.63, 3.8) is 0 Å².